The van der Waals surface area contributed by atoms with Crippen molar-refractivity contribution in [2.45, 2.75) is 13.1 Å². The minimum absolute atomic E-state index is 0.116. The van der Waals surface area contributed by atoms with Gasteiger partial charge in [0.05, 0.1) is 16.9 Å². The number of anilines is 1. The number of nitriles is 1. The molecule has 0 unspecified atom stereocenters. The Bertz CT molecular complexity index is 1090. The molecule has 0 atom stereocenters. The molecule has 0 spiro atoms. The van der Waals surface area contributed by atoms with Crippen molar-refractivity contribution in [3.63, 3.8) is 0 Å². The van der Waals surface area contributed by atoms with Crippen LogP contribution < -0.4 is 16.1 Å². The topological polar surface area (TPSA) is 88.1 Å². The number of hydrogen-bond acceptors (Lipinski definition) is 4. The lowest BCUT2D eigenvalue weighted by Crippen LogP contribution is -2.41. The summed E-state index contributed by atoms with van der Waals surface area (Å²) in [4.78, 5) is 36.9. The second-order valence-electron chi connectivity index (χ2n) is 5.55. The van der Waals surface area contributed by atoms with Crippen molar-refractivity contribution in [1.82, 2.24) is 9.13 Å². The van der Waals surface area contributed by atoms with E-state index in [2.05, 4.69) is 0 Å². The van der Waals surface area contributed by atoms with Crippen LogP contribution in [0.1, 0.15) is 18.2 Å². The first-order valence-corrected chi connectivity index (χ1v) is 7.28. The van der Waals surface area contributed by atoms with E-state index in [0.717, 1.165) is 24.9 Å². The summed E-state index contributed by atoms with van der Waals surface area (Å²) in [6.07, 6.45) is -4.96. The smallest absolute Gasteiger partial charge is 0.314 e. The van der Waals surface area contributed by atoms with Crippen LogP contribution in [0.25, 0.3) is 5.69 Å². The lowest BCUT2D eigenvalue weighted by atomic mass is 10.1. The van der Waals surface area contributed by atoms with Crippen LogP contribution in [0.5, 0.6) is 0 Å². The van der Waals surface area contributed by atoms with Gasteiger partial charge < -0.3 is 4.90 Å². The Hall–Kier alpha value is -3.42. The molecule has 2 rings (SSSR count). The highest BCUT2D eigenvalue weighted by molar-refractivity contribution is 5.92. The van der Waals surface area contributed by atoms with Crippen molar-refractivity contribution in [2.75, 3.05) is 11.9 Å². The molecule has 0 aliphatic carbocycles. The molecule has 0 N–H and O–H groups in total. The van der Waals surface area contributed by atoms with Crippen LogP contribution >= 0.6 is 0 Å². The number of carbonyl (C=O) groups is 1. The van der Waals surface area contributed by atoms with E-state index in [0.29, 0.717) is 6.07 Å². The summed E-state index contributed by atoms with van der Waals surface area (Å²) in [5.74, 6) is -1.72. The Morgan fingerprint density at radius 3 is 2.30 bits per heavy atom. The summed E-state index contributed by atoms with van der Waals surface area (Å²) in [5, 5.41) is 9.10. The van der Waals surface area contributed by atoms with Gasteiger partial charge in [-0.3, -0.25) is 14.2 Å². The molecule has 0 radical (unpaired) electrons. The summed E-state index contributed by atoms with van der Waals surface area (Å²) in [6, 6.07) is 3.40. The summed E-state index contributed by atoms with van der Waals surface area (Å²) in [6.45, 7) is 1.16. The molecule has 0 fully saturated rings. The Morgan fingerprint density at radius 2 is 1.81 bits per heavy atom. The molecule has 1 heterocycles. The van der Waals surface area contributed by atoms with Crippen LogP contribution in [-0.2, 0) is 18.0 Å². The molecular formula is C16H12F4N4O3. The standard InChI is InChI=1S/C16H12F4N4O3/c1-8(25)22(2)11-5-12(10(17)4-9(11)7-21)24-14(26)6-13(16(18,19)20)23(3)15(24)27/h4-6H,1-3H3. The van der Waals surface area contributed by atoms with Crippen LogP contribution in [0, 0.1) is 17.1 Å². The predicted molar refractivity (Wildman–Crippen MR) is 86.0 cm³/mol. The van der Waals surface area contributed by atoms with Gasteiger partial charge in [-0.05, 0) is 12.1 Å². The van der Waals surface area contributed by atoms with Crippen LogP contribution in [0.2, 0.25) is 0 Å². The highest BCUT2D eigenvalue weighted by atomic mass is 19.4. The molecule has 1 aromatic carbocycles. The minimum atomic E-state index is -4.96. The van der Waals surface area contributed by atoms with E-state index < -0.39 is 40.5 Å². The Labute approximate surface area is 149 Å². The number of hydrogen-bond donors (Lipinski definition) is 0. The van der Waals surface area contributed by atoms with Crippen molar-refractivity contribution < 1.29 is 22.4 Å². The Morgan fingerprint density at radius 1 is 1.22 bits per heavy atom. The molecule has 0 bridgehead atoms. The fourth-order valence-corrected chi connectivity index (χ4v) is 2.38. The summed E-state index contributed by atoms with van der Waals surface area (Å²) >= 11 is 0. The zero-order chi connectivity index (χ0) is 20.7. The molecule has 7 nitrogen and oxygen atoms in total. The quantitative estimate of drug-likeness (QED) is 0.735. The van der Waals surface area contributed by atoms with E-state index in [1.807, 2.05) is 0 Å². The number of alkyl halides is 3. The maximum Gasteiger partial charge on any atom is 0.431 e. The van der Waals surface area contributed by atoms with Gasteiger partial charge >= 0.3 is 11.9 Å². The van der Waals surface area contributed by atoms with Gasteiger partial charge in [-0.15, -0.1) is 0 Å². The molecule has 2 aromatic rings. The second-order valence-corrected chi connectivity index (χ2v) is 5.55. The molecular weight excluding hydrogens is 372 g/mol. The first-order chi connectivity index (χ1) is 12.4. The van der Waals surface area contributed by atoms with Crippen LogP contribution in [0.4, 0.5) is 23.2 Å². The van der Waals surface area contributed by atoms with Crippen molar-refractivity contribution >= 4 is 11.6 Å². The van der Waals surface area contributed by atoms with Gasteiger partial charge in [-0.2, -0.15) is 18.4 Å². The molecule has 0 aliphatic rings. The average molecular weight is 384 g/mol. The van der Waals surface area contributed by atoms with Crippen molar-refractivity contribution in [1.29, 1.82) is 5.26 Å². The van der Waals surface area contributed by atoms with E-state index >= 15 is 0 Å². The maximum absolute atomic E-state index is 14.4. The Balaban J connectivity index is 2.88. The fraction of sp³-hybridized carbons (Fsp3) is 0.250. The third kappa shape index (κ3) is 3.46. The number of nitrogens with zero attached hydrogens (tertiary/aromatic N) is 4. The molecule has 0 saturated heterocycles. The van der Waals surface area contributed by atoms with Gasteiger partial charge in [0, 0.05) is 27.1 Å². The number of rotatable bonds is 2. The monoisotopic (exact) mass is 384 g/mol. The summed E-state index contributed by atoms with van der Waals surface area (Å²) < 4.78 is 53.5. The fourth-order valence-electron chi connectivity index (χ4n) is 2.38. The molecule has 0 aliphatic heterocycles. The van der Waals surface area contributed by atoms with Crippen molar-refractivity contribution in [3.8, 4) is 11.8 Å². The normalized spacial score (nSPS) is 11.2. The lowest BCUT2D eigenvalue weighted by molar-refractivity contribution is -0.144. The number of carbonyl (C=O) groups excluding carboxylic acids is 1. The zero-order valence-corrected chi connectivity index (χ0v) is 14.3. The van der Waals surface area contributed by atoms with Gasteiger partial charge in [0.15, 0.2) is 0 Å². The van der Waals surface area contributed by atoms with E-state index in [-0.39, 0.29) is 26.5 Å². The highest BCUT2D eigenvalue weighted by Gasteiger charge is 2.35. The zero-order valence-electron chi connectivity index (χ0n) is 14.3. The lowest BCUT2D eigenvalue weighted by Gasteiger charge is -2.19. The Kier molecular flexibility index (Phi) is 4.95. The van der Waals surface area contributed by atoms with E-state index in [1.54, 1.807) is 6.07 Å². The number of amides is 1. The second kappa shape index (κ2) is 6.71. The molecule has 142 valence electrons. The first-order valence-electron chi connectivity index (χ1n) is 7.28. The maximum atomic E-state index is 14.4. The summed E-state index contributed by atoms with van der Waals surface area (Å²) in [5.41, 5.74) is -5.40. The summed E-state index contributed by atoms with van der Waals surface area (Å²) in [7, 11) is 2.05. The van der Waals surface area contributed by atoms with Crippen LogP contribution in [0.3, 0.4) is 0 Å². The number of halogens is 4. The predicted octanol–water partition coefficient (Wildman–Crippen LogP) is 1.55. The van der Waals surface area contributed by atoms with Crippen molar-refractivity contribution in [3.05, 3.63) is 56.1 Å². The SMILES string of the molecule is CC(=O)N(C)c1cc(-n2c(=O)cc(C(F)(F)F)n(C)c2=O)c(F)cc1C#N. The number of aromatic nitrogens is 2. The van der Waals surface area contributed by atoms with E-state index in [1.165, 1.54) is 7.05 Å². The van der Waals surface area contributed by atoms with Crippen LogP contribution in [-0.4, -0.2) is 22.1 Å². The van der Waals surface area contributed by atoms with E-state index in [4.69, 9.17) is 5.26 Å². The molecule has 0 saturated carbocycles. The average Bonchev–Trinajstić information content (AvgIpc) is 2.57. The molecule has 27 heavy (non-hydrogen) atoms. The van der Waals surface area contributed by atoms with Gasteiger partial charge in [-0.25, -0.2) is 13.8 Å². The van der Waals surface area contributed by atoms with Gasteiger partial charge in [-0.1, -0.05) is 0 Å². The first kappa shape index (κ1) is 19.9. The van der Waals surface area contributed by atoms with Crippen molar-refractivity contribution in [2.24, 2.45) is 7.05 Å². The minimum Gasteiger partial charge on any atom is -0.314 e. The highest BCUT2D eigenvalue weighted by Crippen LogP contribution is 2.28. The largest absolute Gasteiger partial charge is 0.431 e. The van der Waals surface area contributed by atoms with Gasteiger partial charge in [0.25, 0.3) is 5.56 Å². The van der Waals surface area contributed by atoms with Crippen LogP contribution in [0.15, 0.2) is 27.8 Å². The van der Waals surface area contributed by atoms with Gasteiger partial charge in [0.1, 0.15) is 17.6 Å². The molecule has 1 amide bonds. The third-order valence-electron chi connectivity index (χ3n) is 3.87. The van der Waals surface area contributed by atoms with E-state index in [9.17, 15) is 31.9 Å². The molecule has 11 heteroatoms. The third-order valence-corrected chi connectivity index (χ3v) is 3.87. The molecule has 1 aromatic heterocycles. The van der Waals surface area contributed by atoms with Gasteiger partial charge in [0.2, 0.25) is 5.91 Å². The number of benzene rings is 1.